The van der Waals surface area contributed by atoms with Crippen LogP contribution in [0.5, 0.6) is 5.75 Å². The third kappa shape index (κ3) is 2.84. The number of aromatic carboxylic acids is 1. The molecule has 0 aliphatic heterocycles. The van der Waals surface area contributed by atoms with Crippen molar-refractivity contribution < 1.29 is 19.7 Å². The first kappa shape index (κ1) is 12.3. The predicted octanol–water partition coefficient (Wildman–Crippen LogP) is 1.79. The number of ether oxygens (including phenoxy) is 1. The smallest absolute Gasteiger partial charge is 0.339 e. The molecule has 4 heteroatoms. The summed E-state index contributed by atoms with van der Waals surface area (Å²) in [7, 11) is 1.44. The molecule has 0 aromatic heterocycles. The van der Waals surface area contributed by atoms with Gasteiger partial charge < -0.3 is 14.9 Å². The largest absolute Gasteiger partial charge is 0.495 e. The van der Waals surface area contributed by atoms with E-state index in [0.29, 0.717) is 17.7 Å². The Morgan fingerprint density at radius 1 is 1.50 bits per heavy atom. The maximum Gasteiger partial charge on any atom is 0.339 e. The maximum absolute atomic E-state index is 10.9. The molecule has 0 amide bonds. The summed E-state index contributed by atoms with van der Waals surface area (Å²) < 4.78 is 5.07. The number of para-hydroxylation sites is 1. The van der Waals surface area contributed by atoms with Gasteiger partial charge in [-0.3, -0.25) is 0 Å². The lowest BCUT2D eigenvalue weighted by atomic mass is 10.1. The number of hydrogen-bond donors (Lipinski definition) is 2. The molecule has 0 radical (unpaired) electrons. The molecular weight excluding hydrogens is 208 g/mol. The van der Waals surface area contributed by atoms with Crippen molar-refractivity contribution in [1.29, 1.82) is 0 Å². The van der Waals surface area contributed by atoms with Crippen molar-refractivity contribution in [3.8, 4) is 5.75 Å². The molecule has 0 saturated carbocycles. The van der Waals surface area contributed by atoms with Gasteiger partial charge in [0.15, 0.2) is 0 Å². The van der Waals surface area contributed by atoms with Gasteiger partial charge >= 0.3 is 5.97 Å². The van der Waals surface area contributed by atoms with Gasteiger partial charge in [-0.15, -0.1) is 0 Å². The standard InChI is InChI=1S/C12H14O4/c1-16-11-9(5-2-3-8-13)6-4-7-10(11)12(14)15/h2,4-7,13H,3,8H2,1H3,(H,14,15). The van der Waals surface area contributed by atoms with Gasteiger partial charge in [-0.2, -0.15) is 0 Å². The summed E-state index contributed by atoms with van der Waals surface area (Å²) >= 11 is 0. The Kier molecular flexibility index (Phi) is 4.54. The van der Waals surface area contributed by atoms with Crippen LogP contribution in [-0.4, -0.2) is 29.9 Å². The van der Waals surface area contributed by atoms with Crippen molar-refractivity contribution >= 4 is 12.0 Å². The minimum atomic E-state index is -1.02. The third-order valence-corrected chi connectivity index (χ3v) is 2.07. The van der Waals surface area contributed by atoms with Gasteiger partial charge in [0.05, 0.1) is 7.11 Å². The third-order valence-electron chi connectivity index (χ3n) is 2.07. The first-order chi connectivity index (χ1) is 7.70. The summed E-state index contributed by atoms with van der Waals surface area (Å²) in [6.45, 7) is 0.0669. The Balaban J connectivity index is 3.09. The molecule has 1 aromatic rings. The zero-order valence-corrected chi connectivity index (χ0v) is 9.01. The van der Waals surface area contributed by atoms with E-state index >= 15 is 0 Å². The molecule has 2 N–H and O–H groups in total. The second-order valence-electron chi connectivity index (χ2n) is 3.15. The van der Waals surface area contributed by atoms with Crippen molar-refractivity contribution in [1.82, 2.24) is 0 Å². The van der Waals surface area contributed by atoms with Gasteiger partial charge in [-0.25, -0.2) is 4.79 Å². The number of aliphatic hydroxyl groups excluding tert-OH is 1. The van der Waals surface area contributed by atoms with Crippen LogP contribution >= 0.6 is 0 Å². The highest BCUT2D eigenvalue weighted by atomic mass is 16.5. The SMILES string of the molecule is COc1c(C=CCCO)cccc1C(=O)O. The summed E-state index contributed by atoms with van der Waals surface area (Å²) in [5.74, 6) is -0.682. The van der Waals surface area contributed by atoms with Crippen molar-refractivity contribution in [2.45, 2.75) is 6.42 Å². The number of methoxy groups -OCH3 is 1. The summed E-state index contributed by atoms with van der Waals surface area (Å²) in [6, 6.07) is 4.91. The molecule has 86 valence electrons. The van der Waals surface area contributed by atoms with Crippen LogP contribution in [0.3, 0.4) is 0 Å². The van der Waals surface area contributed by atoms with E-state index in [1.54, 1.807) is 24.3 Å². The summed E-state index contributed by atoms with van der Waals surface area (Å²) in [6.07, 6.45) is 4.03. The maximum atomic E-state index is 10.9. The Bertz CT molecular complexity index is 396. The average Bonchev–Trinajstić information content (AvgIpc) is 2.29. The molecule has 0 fully saturated rings. The molecule has 1 rings (SSSR count). The fourth-order valence-corrected chi connectivity index (χ4v) is 1.37. The topological polar surface area (TPSA) is 66.8 Å². The van der Waals surface area contributed by atoms with Crippen molar-refractivity contribution in [3.63, 3.8) is 0 Å². The van der Waals surface area contributed by atoms with E-state index in [-0.39, 0.29) is 12.2 Å². The van der Waals surface area contributed by atoms with E-state index in [2.05, 4.69) is 0 Å². The number of benzene rings is 1. The zero-order chi connectivity index (χ0) is 12.0. The minimum absolute atomic E-state index is 0.0669. The van der Waals surface area contributed by atoms with Crippen LogP contribution in [0.4, 0.5) is 0 Å². The number of carbonyl (C=O) groups is 1. The Labute approximate surface area is 93.8 Å². The molecular formula is C12H14O4. The number of aliphatic hydroxyl groups is 1. The lowest BCUT2D eigenvalue weighted by Crippen LogP contribution is -2.01. The number of rotatable bonds is 5. The van der Waals surface area contributed by atoms with Crippen LogP contribution < -0.4 is 4.74 Å². The van der Waals surface area contributed by atoms with E-state index in [9.17, 15) is 4.79 Å². The highest BCUT2D eigenvalue weighted by Gasteiger charge is 2.12. The molecule has 0 aliphatic rings. The molecule has 0 heterocycles. The van der Waals surface area contributed by atoms with Gasteiger partial charge in [0.25, 0.3) is 0 Å². The zero-order valence-electron chi connectivity index (χ0n) is 9.01. The molecule has 0 spiro atoms. The van der Waals surface area contributed by atoms with E-state index in [0.717, 1.165) is 0 Å². The predicted molar refractivity (Wildman–Crippen MR) is 60.7 cm³/mol. The van der Waals surface area contributed by atoms with E-state index in [4.69, 9.17) is 14.9 Å². The lowest BCUT2D eigenvalue weighted by Gasteiger charge is -2.07. The average molecular weight is 222 g/mol. The van der Waals surface area contributed by atoms with Gasteiger partial charge in [0.1, 0.15) is 11.3 Å². The highest BCUT2D eigenvalue weighted by molar-refractivity contribution is 5.92. The first-order valence-corrected chi connectivity index (χ1v) is 4.88. The van der Waals surface area contributed by atoms with E-state index in [1.807, 2.05) is 0 Å². The molecule has 0 bridgehead atoms. The van der Waals surface area contributed by atoms with Crippen LogP contribution in [0.15, 0.2) is 24.3 Å². The van der Waals surface area contributed by atoms with Crippen LogP contribution in [0, 0.1) is 0 Å². The minimum Gasteiger partial charge on any atom is -0.495 e. The molecule has 0 aliphatic carbocycles. The van der Waals surface area contributed by atoms with Gasteiger partial charge in [0, 0.05) is 12.2 Å². The van der Waals surface area contributed by atoms with Crippen LogP contribution in [0.25, 0.3) is 6.08 Å². The Morgan fingerprint density at radius 2 is 2.25 bits per heavy atom. The van der Waals surface area contributed by atoms with Crippen LogP contribution in [0.1, 0.15) is 22.3 Å². The molecule has 1 aromatic carbocycles. The van der Waals surface area contributed by atoms with Crippen molar-refractivity contribution in [2.75, 3.05) is 13.7 Å². The molecule has 16 heavy (non-hydrogen) atoms. The van der Waals surface area contributed by atoms with E-state index in [1.165, 1.54) is 13.2 Å². The van der Waals surface area contributed by atoms with Crippen LogP contribution in [-0.2, 0) is 0 Å². The van der Waals surface area contributed by atoms with Gasteiger partial charge in [0.2, 0.25) is 0 Å². The monoisotopic (exact) mass is 222 g/mol. The number of hydrogen-bond acceptors (Lipinski definition) is 3. The first-order valence-electron chi connectivity index (χ1n) is 4.88. The molecule has 0 unspecified atom stereocenters. The summed E-state index contributed by atoms with van der Waals surface area (Å²) in [4.78, 5) is 10.9. The Hall–Kier alpha value is -1.81. The quantitative estimate of drug-likeness (QED) is 0.797. The van der Waals surface area contributed by atoms with Gasteiger partial charge in [-0.05, 0) is 12.5 Å². The second kappa shape index (κ2) is 5.92. The lowest BCUT2D eigenvalue weighted by molar-refractivity contribution is 0.0693. The second-order valence-corrected chi connectivity index (χ2v) is 3.15. The highest BCUT2D eigenvalue weighted by Crippen LogP contribution is 2.25. The Morgan fingerprint density at radius 3 is 2.81 bits per heavy atom. The number of carboxylic acid groups (broad SMARTS) is 1. The summed E-state index contributed by atoms with van der Waals surface area (Å²) in [5.41, 5.74) is 0.824. The van der Waals surface area contributed by atoms with Crippen LogP contribution in [0.2, 0.25) is 0 Å². The van der Waals surface area contributed by atoms with Gasteiger partial charge in [-0.1, -0.05) is 24.3 Å². The fourth-order valence-electron chi connectivity index (χ4n) is 1.37. The summed E-state index contributed by atoms with van der Waals surface area (Å²) in [5, 5.41) is 17.6. The van der Waals surface area contributed by atoms with Crippen molar-refractivity contribution in [3.05, 3.63) is 35.4 Å². The molecule has 0 saturated heterocycles. The van der Waals surface area contributed by atoms with E-state index < -0.39 is 5.97 Å². The normalized spacial score (nSPS) is 10.6. The fraction of sp³-hybridized carbons (Fsp3) is 0.250. The molecule has 0 atom stereocenters. The molecule has 4 nitrogen and oxygen atoms in total. The van der Waals surface area contributed by atoms with Crippen molar-refractivity contribution in [2.24, 2.45) is 0 Å². The number of carboxylic acids is 1.